The highest BCUT2D eigenvalue weighted by atomic mass is 32.2. The molecule has 0 aromatic carbocycles. The fourth-order valence-corrected chi connectivity index (χ4v) is 3.33. The summed E-state index contributed by atoms with van der Waals surface area (Å²) in [4.78, 5) is 21.9. The largest absolute Gasteiger partial charge is 0.481 e. The minimum Gasteiger partial charge on any atom is -0.481 e. The molecule has 0 radical (unpaired) electrons. The van der Waals surface area contributed by atoms with Gasteiger partial charge in [0.25, 0.3) is 0 Å². The van der Waals surface area contributed by atoms with Gasteiger partial charge in [-0.05, 0) is 32.6 Å². The molecule has 0 atom stereocenters. The quantitative estimate of drug-likeness (QED) is 0.673. The smallest absolute Gasteiger partial charge is 0.322 e. The summed E-state index contributed by atoms with van der Waals surface area (Å²) in [5.74, 6) is -2.72. The summed E-state index contributed by atoms with van der Waals surface area (Å²) in [6.07, 6.45) is 1.84. The fraction of sp³-hybridized carbons (Fsp3) is 0.818. The maximum absolute atomic E-state index is 11.7. The van der Waals surface area contributed by atoms with Gasteiger partial charge in [-0.15, -0.1) is 0 Å². The van der Waals surface area contributed by atoms with Crippen LogP contribution in [-0.2, 0) is 24.3 Å². The third kappa shape index (κ3) is 5.56. The van der Waals surface area contributed by atoms with E-state index in [4.69, 9.17) is 5.11 Å². The molecule has 1 aliphatic carbocycles. The fourth-order valence-electron chi connectivity index (χ4n) is 2.11. The highest BCUT2D eigenvalue weighted by Crippen LogP contribution is 2.24. The number of sulfonamides is 1. The average Bonchev–Trinajstić information content (AvgIpc) is 2.28. The van der Waals surface area contributed by atoms with Gasteiger partial charge < -0.3 is 9.84 Å². The van der Waals surface area contributed by atoms with Crippen molar-refractivity contribution >= 4 is 22.0 Å². The summed E-state index contributed by atoms with van der Waals surface area (Å²) in [6, 6.07) is -0.296. The highest BCUT2D eigenvalue weighted by molar-refractivity contribution is 7.90. The van der Waals surface area contributed by atoms with Crippen LogP contribution in [0, 0.1) is 5.92 Å². The van der Waals surface area contributed by atoms with Crippen molar-refractivity contribution in [1.82, 2.24) is 4.72 Å². The Morgan fingerprint density at radius 1 is 1.26 bits per heavy atom. The van der Waals surface area contributed by atoms with Crippen LogP contribution in [0.5, 0.6) is 0 Å². The molecule has 0 aromatic rings. The predicted molar refractivity (Wildman–Crippen MR) is 66.9 cm³/mol. The first-order valence-corrected chi connectivity index (χ1v) is 7.87. The van der Waals surface area contributed by atoms with E-state index < -0.39 is 33.6 Å². The molecule has 0 unspecified atom stereocenters. The molecule has 1 rings (SSSR count). The van der Waals surface area contributed by atoms with Crippen LogP contribution in [0.1, 0.15) is 32.6 Å². The summed E-state index contributed by atoms with van der Waals surface area (Å²) in [6.45, 7) is 1.74. The second-order valence-electron chi connectivity index (χ2n) is 4.57. The first-order chi connectivity index (χ1) is 8.84. The number of hydrogen-bond acceptors (Lipinski definition) is 5. The molecule has 1 aliphatic rings. The van der Waals surface area contributed by atoms with E-state index in [2.05, 4.69) is 9.46 Å². The van der Waals surface area contributed by atoms with Crippen molar-refractivity contribution in [2.24, 2.45) is 5.92 Å². The van der Waals surface area contributed by atoms with Crippen molar-refractivity contribution in [3.63, 3.8) is 0 Å². The molecular formula is C11H19NO6S. The van der Waals surface area contributed by atoms with Crippen LogP contribution < -0.4 is 4.72 Å². The number of carboxylic acids is 1. The molecule has 110 valence electrons. The molecule has 0 amide bonds. The standard InChI is InChI=1S/C11H19NO6S/c1-2-18-10(13)7-19(16,17)12-9-5-3-8(4-6-9)11(14)15/h8-9,12H,2-7H2,1H3,(H,14,15). The van der Waals surface area contributed by atoms with Crippen molar-refractivity contribution in [2.75, 3.05) is 12.4 Å². The number of aliphatic carboxylic acids is 1. The Kier molecular flexibility index (Phi) is 5.74. The molecule has 2 N–H and O–H groups in total. The molecule has 1 saturated carbocycles. The van der Waals surface area contributed by atoms with Crippen LogP contribution in [0.15, 0.2) is 0 Å². The van der Waals surface area contributed by atoms with Gasteiger partial charge in [-0.3, -0.25) is 9.59 Å². The Labute approximate surface area is 112 Å². The van der Waals surface area contributed by atoms with E-state index in [1.54, 1.807) is 6.92 Å². The topological polar surface area (TPSA) is 110 Å². The lowest BCUT2D eigenvalue weighted by atomic mass is 9.87. The van der Waals surface area contributed by atoms with E-state index in [0.29, 0.717) is 25.7 Å². The van der Waals surface area contributed by atoms with Crippen LogP contribution in [0.25, 0.3) is 0 Å². The second-order valence-corrected chi connectivity index (χ2v) is 6.32. The van der Waals surface area contributed by atoms with Gasteiger partial charge in [0.2, 0.25) is 10.0 Å². The lowest BCUT2D eigenvalue weighted by Gasteiger charge is -2.26. The lowest BCUT2D eigenvalue weighted by Crippen LogP contribution is -2.41. The molecule has 19 heavy (non-hydrogen) atoms. The number of nitrogens with one attached hydrogen (secondary N) is 1. The van der Waals surface area contributed by atoms with Gasteiger partial charge in [0.1, 0.15) is 0 Å². The zero-order valence-electron chi connectivity index (χ0n) is 10.8. The van der Waals surface area contributed by atoms with Crippen LogP contribution in [0.4, 0.5) is 0 Å². The van der Waals surface area contributed by atoms with Gasteiger partial charge in [0, 0.05) is 6.04 Å². The number of carboxylic acid groups (broad SMARTS) is 1. The normalized spacial score (nSPS) is 23.8. The zero-order valence-corrected chi connectivity index (χ0v) is 11.6. The number of esters is 1. The van der Waals surface area contributed by atoms with Crippen molar-refractivity contribution in [2.45, 2.75) is 38.6 Å². The monoisotopic (exact) mass is 293 g/mol. The average molecular weight is 293 g/mol. The van der Waals surface area contributed by atoms with Gasteiger partial charge in [-0.25, -0.2) is 13.1 Å². The second kappa shape index (κ2) is 6.85. The number of rotatable bonds is 6. The molecule has 0 aromatic heterocycles. The molecule has 0 spiro atoms. The summed E-state index contributed by atoms with van der Waals surface area (Å²) >= 11 is 0. The van der Waals surface area contributed by atoms with Gasteiger partial charge in [0.15, 0.2) is 5.75 Å². The Balaban J connectivity index is 2.43. The lowest BCUT2D eigenvalue weighted by molar-refractivity contribution is -0.143. The van der Waals surface area contributed by atoms with Gasteiger partial charge in [-0.1, -0.05) is 0 Å². The van der Waals surface area contributed by atoms with Crippen molar-refractivity contribution in [3.05, 3.63) is 0 Å². The number of carbonyl (C=O) groups is 2. The molecule has 7 nitrogen and oxygen atoms in total. The molecule has 0 saturated heterocycles. The Hall–Kier alpha value is -1.15. The first kappa shape index (κ1) is 15.9. The van der Waals surface area contributed by atoms with E-state index in [1.165, 1.54) is 0 Å². The third-order valence-corrected chi connectivity index (χ3v) is 4.34. The van der Waals surface area contributed by atoms with E-state index in [-0.39, 0.29) is 12.6 Å². The SMILES string of the molecule is CCOC(=O)CS(=O)(=O)NC1CCC(C(=O)O)CC1. The zero-order chi connectivity index (χ0) is 14.5. The predicted octanol–water partition coefficient (Wildman–Crippen LogP) is 0.112. The van der Waals surface area contributed by atoms with Gasteiger partial charge in [0.05, 0.1) is 12.5 Å². The molecule has 0 bridgehead atoms. The van der Waals surface area contributed by atoms with Gasteiger partial charge >= 0.3 is 11.9 Å². The summed E-state index contributed by atoms with van der Waals surface area (Å²) < 4.78 is 30.3. The summed E-state index contributed by atoms with van der Waals surface area (Å²) in [7, 11) is -3.71. The minimum absolute atomic E-state index is 0.137. The molecule has 0 heterocycles. The summed E-state index contributed by atoms with van der Waals surface area (Å²) in [5.41, 5.74) is 0. The Morgan fingerprint density at radius 2 is 1.84 bits per heavy atom. The third-order valence-electron chi connectivity index (χ3n) is 3.04. The van der Waals surface area contributed by atoms with E-state index in [9.17, 15) is 18.0 Å². The molecule has 0 aliphatic heterocycles. The maximum atomic E-state index is 11.7. The number of hydrogen-bond donors (Lipinski definition) is 2. The van der Waals surface area contributed by atoms with Crippen molar-refractivity contribution in [3.8, 4) is 0 Å². The van der Waals surface area contributed by atoms with Gasteiger partial charge in [-0.2, -0.15) is 0 Å². The number of carbonyl (C=O) groups excluding carboxylic acids is 1. The number of ether oxygens (including phenoxy) is 1. The van der Waals surface area contributed by atoms with Crippen molar-refractivity contribution in [1.29, 1.82) is 0 Å². The van der Waals surface area contributed by atoms with E-state index in [0.717, 1.165) is 0 Å². The molecule has 8 heteroatoms. The van der Waals surface area contributed by atoms with Crippen molar-refractivity contribution < 1.29 is 27.9 Å². The van der Waals surface area contributed by atoms with E-state index >= 15 is 0 Å². The van der Waals surface area contributed by atoms with Crippen LogP contribution in [0.2, 0.25) is 0 Å². The Bertz CT molecular complexity index is 424. The molecule has 1 fully saturated rings. The van der Waals surface area contributed by atoms with Crippen LogP contribution in [-0.4, -0.2) is 43.9 Å². The Morgan fingerprint density at radius 3 is 2.32 bits per heavy atom. The van der Waals surface area contributed by atoms with Crippen LogP contribution >= 0.6 is 0 Å². The van der Waals surface area contributed by atoms with E-state index in [1.807, 2.05) is 0 Å². The highest BCUT2D eigenvalue weighted by Gasteiger charge is 2.29. The summed E-state index contributed by atoms with van der Waals surface area (Å²) in [5, 5.41) is 8.84. The van der Waals surface area contributed by atoms with Crippen LogP contribution in [0.3, 0.4) is 0 Å². The maximum Gasteiger partial charge on any atom is 0.322 e. The first-order valence-electron chi connectivity index (χ1n) is 6.22. The minimum atomic E-state index is -3.71. The molecular weight excluding hydrogens is 274 g/mol.